The number of rotatable bonds is 6. The second-order valence-corrected chi connectivity index (χ2v) is 5.58. The number of nitrogens with zero attached hydrogens (tertiary/aromatic N) is 2. The Labute approximate surface area is 118 Å². The van der Waals surface area contributed by atoms with Crippen molar-refractivity contribution in [1.29, 1.82) is 0 Å². The summed E-state index contributed by atoms with van der Waals surface area (Å²) in [5.74, 6) is -0.347. The highest BCUT2D eigenvalue weighted by atomic mass is 32.1. The predicted octanol–water partition coefficient (Wildman–Crippen LogP) is 2.22. The van der Waals surface area contributed by atoms with E-state index in [1.807, 2.05) is 0 Å². The van der Waals surface area contributed by atoms with Gasteiger partial charge < -0.3 is 10.1 Å². The van der Waals surface area contributed by atoms with Gasteiger partial charge in [-0.2, -0.15) is 0 Å². The summed E-state index contributed by atoms with van der Waals surface area (Å²) < 4.78 is 4.99. The lowest BCUT2D eigenvalue weighted by atomic mass is 10.3. The molecule has 2 rings (SSSR count). The molecule has 1 aliphatic rings. The summed E-state index contributed by atoms with van der Waals surface area (Å²) in [6.07, 6.45) is 2.58. The Kier molecular flexibility index (Phi) is 5.15. The van der Waals surface area contributed by atoms with E-state index in [4.69, 9.17) is 4.74 Å². The smallest absolute Gasteiger partial charge is 0.360 e. The number of carbonyl (C=O) groups excluding carboxylic acids is 1. The van der Waals surface area contributed by atoms with E-state index in [9.17, 15) is 4.79 Å². The molecule has 0 radical (unpaired) electrons. The van der Waals surface area contributed by atoms with E-state index < -0.39 is 0 Å². The van der Waals surface area contributed by atoms with Crippen LogP contribution in [-0.2, 0) is 4.74 Å². The third-order valence-electron chi connectivity index (χ3n) is 3.36. The summed E-state index contributed by atoms with van der Waals surface area (Å²) in [4.78, 5) is 18.2. The van der Waals surface area contributed by atoms with E-state index in [1.54, 1.807) is 12.4 Å². The van der Waals surface area contributed by atoms with E-state index in [0.717, 1.165) is 11.5 Å². The van der Waals surface area contributed by atoms with Crippen molar-refractivity contribution in [3.63, 3.8) is 0 Å². The molecule has 0 aromatic carbocycles. The van der Waals surface area contributed by atoms with Crippen LogP contribution in [0.15, 0.2) is 5.51 Å². The SMILES string of the molecule is CCOC(=O)c1ncsc1NCC(C)N1CCCC1. The average molecular weight is 283 g/mol. The van der Waals surface area contributed by atoms with Crippen molar-refractivity contribution in [2.24, 2.45) is 0 Å². The van der Waals surface area contributed by atoms with Gasteiger partial charge in [0.2, 0.25) is 0 Å². The van der Waals surface area contributed by atoms with Gasteiger partial charge in [-0.1, -0.05) is 0 Å². The lowest BCUT2D eigenvalue weighted by molar-refractivity contribution is 0.0521. The van der Waals surface area contributed by atoms with Gasteiger partial charge in [0.05, 0.1) is 12.1 Å². The van der Waals surface area contributed by atoms with Crippen LogP contribution in [0.1, 0.15) is 37.2 Å². The second-order valence-electron chi connectivity index (χ2n) is 4.72. The molecule has 6 heteroatoms. The Morgan fingerprint density at radius 1 is 1.58 bits per heavy atom. The Hall–Kier alpha value is -1.14. The van der Waals surface area contributed by atoms with Gasteiger partial charge in [-0.15, -0.1) is 11.3 Å². The van der Waals surface area contributed by atoms with E-state index in [0.29, 0.717) is 18.3 Å². The average Bonchev–Trinajstić information content (AvgIpc) is 3.07. The van der Waals surface area contributed by atoms with Crippen molar-refractivity contribution in [2.75, 3.05) is 31.6 Å². The zero-order valence-corrected chi connectivity index (χ0v) is 12.3. The number of ether oxygens (including phenoxy) is 1. The van der Waals surface area contributed by atoms with Gasteiger partial charge >= 0.3 is 5.97 Å². The minimum atomic E-state index is -0.347. The molecule has 1 N–H and O–H groups in total. The number of nitrogens with one attached hydrogen (secondary N) is 1. The Morgan fingerprint density at radius 2 is 2.32 bits per heavy atom. The molecule has 0 spiro atoms. The highest BCUT2D eigenvalue weighted by molar-refractivity contribution is 7.14. The van der Waals surface area contributed by atoms with Crippen LogP contribution in [0.25, 0.3) is 0 Å². The summed E-state index contributed by atoms with van der Waals surface area (Å²) in [6.45, 7) is 7.57. The molecule has 19 heavy (non-hydrogen) atoms. The highest BCUT2D eigenvalue weighted by Gasteiger charge is 2.20. The molecule has 1 atom stereocenters. The zero-order valence-electron chi connectivity index (χ0n) is 11.5. The summed E-state index contributed by atoms with van der Waals surface area (Å²) in [5.41, 5.74) is 2.08. The maximum Gasteiger partial charge on any atom is 0.360 e. The summed E-state index contributed by atoms with van der Waals surface area (Å²) in [6, 6.07) is 0.472. The largest absolute Gasteiger partial charge is 0.461 e. The molecule has 0 amide bonds. The topological polar surface area (TPSA) is 54.5 Å². The van der Waals surface area contributed by atoms with Gasteiger partial charge in [-0.05, 0) is 39.8 Å². The molecular formula is C13H21N3O2S. The Morgan fingerprint density at radius 3 is 3.00 bits per heavy atom. The lowest BCUT2D eigenvalue weighted by Crippen LogP contribution is -2.35. The fraction of sp³-hybridized carbons (Fsp3) is 0.692. The van der Waals surface area contributed by atoms with E-state index >= 15 is 0 Å². The number of carbonyl (C=O) groups is 1. The predicted molar refractivity (Wildman–Crippen MR) is 76.8 cm³/mol. The summed E-state index contributed by atoms with van der Waals surface area (Å²) in [5, 5.41) is 4.13. The molecule has 5 nitrogen and oxygen atoms in total. The second kappa shape index (κ2) is 6.86. The van der Waals surface area contributed by atoms with Crippen molar-refractivity contribution >= 4 is 22.3 Å². The maximum absolute atomic E-state index is 11.7. The van der Waals surface area contributed by atoms with Crippen LogP contribution >= 0.6 is 11.3 Å². The molecule has 0 aliphatic carbocycles. The lowest BCUT2D eigenvalue weighted by Gasteiger charge is -2.24. The molecule has 1 aromatic rings. The fourth-order valence-electron chi connectivity index (χ4n) is 2.27. The normalized spacial score (nSPS) is 17.4. The molecule has 1 saturated heterocycles. The van der Waals surface area contributed by atoms with Crippen LogP contribution in [0.4, 0.5) is 5.00 Å². The minimum absolute atomic E-state index is 0.347. The first-order chi connectivity index (χ1) is 9.22. The van der Waals surface area contributed by atoms with Gasteiger partial charge in [-0.3, -0.25) is 4.90 Å². The number of aromatic nitrogens is 1. The van der Waals surface area contributed by atoms with Gasteiger partial charge in [-0.25, -0.2) is 9.78 Å². The number of esters is 1. The number of thiazole rings is 1. The van der Waals surface area contributed by atoms with E-state index in [2.05, 4.69) is 22.1 Å². The van der Waals surface area contributed by atoms with Gasteiger partial charge in [0, 0.05) is 12.6 Å². The minimum Gasteiger partial charge on any atom is -0.461 e. The third-order valence-corrected chi connectivity index (χ3v) is 4.14. The van der Waals surface area contributed by atoms with Gasteiger partial charge in [0.25, 0.3) is 0 Å². The molecular weight excluding hydrogens is 262 g/mol. The van der Waals surface area contributed by atoms with Crippen molar-refractivity contribution in [3.05, 3.63) is 11.2 Å². The van der Waals surface area contributed by atoms with Crippen molar-refractivity contribution in [3.8, 4) is 0 Å². The Bertz CT molecular complexity index is 416. The monoisotopic (exact) mass is 283 g/mol. The van der Waals surface area contributed by atoms with Crippen LogP contribution in [0.2, 0.25) is 0 Å². The fourth-order valence-corrected chi connectivity index (χ4v) is 2.95. The van der Waals surface area contributed by atoms with Crippen LogP contribution in [-0.4, -0.2) is 48.1 Å². The molecule has 1 fully saturated rings. The van der Waals surface area contributed by atoms with Crippen LogP contribution in [0, 0.1) is 0 Å². The highest BCUT2D eigenvalue weighted by Crippen LogP contribution is 2.21. The molecule has 2 heterocycles. The maximum atomic E-state index is 11.7. The molecule has 106 valence electrons. The summed E-state index contributed by atoms with van der Waals surface area (Å²) >= 11 is 1.45. The quantitative estimate of drug-likeness (QED) is 0.811. The molecule has 1 unspecified atom stereocenters. The molecule has 1 aromatic heterocycles. The zero-order chi connectivity index (χ0) is 13.7. The van der Waals surface area contributed by atoms with Crippen molar-refractivity contribution in [1.82, 2.24) is 9.88 Å². The number of hydrogen-bond donors (Lipinski definition) is 1. The molecule has 1 aliphatic heterocycles. The van der Waals surface area contributed by atoms with Crippen molar-refractivity contribution in [2.45, 2.75) is 32.7 Å². The Balaban J connectivity index is 1.88. The van der Waals surface area contributed by atoms with Crippen LogP contribution < -0.4 is 5.32 Å². The molecule has 0 bridgehead atoms. The first-order valence-electron chi connectivity index (χ1n) is 6.81. The first kappa shape index (κ1) is 14.3. The summed E-state index contributed by atoms with van der Waals surface area (Å²) in [7, 11) is 0. The van der Waals surface area contributed by atoms with Gasteiger partial charge in [0.15, 0.2) is 5.69 Å². The van der Waals surface area contributed by atoms with Crippen LogP contribution in [0.3, 0.4) is 0 Å². The van der Waals surface area contributed by atoms with Gasteiger partial charge in [0.1, 0.15) is 5.00 Å². The van der Waals surface area contributed by atoms with E-state index in [1.165, 1.54) is 37.3 Å². The van der Waals surface area contributed by atoms with Crippen molar-refractivity contribution < 1.29 is 9.53 Å². The first-order valence-corrected chi connectivity index (χ1v) is 7.69. The number of likely N-dealkylation sites (tertiary alicyclic amines) is 1. The number of anilines is 1. The standard InChI is InChI=1S/C13H21N3O2S/c1-3-18-13(17)11-12(19-9-15-11)14-8-10(2)16-6-4-5-7-16/h9-10,14H,3-8H2,1-2H3. The third kappa shape index (κ3) is 3.67. The van der Waals surface area contributed by atoms with Crippen LogP contribution in [0.5, 0.6) is 0 Å². The molecule has 0 saturated carbocycles. The number of hydrogen-bond acceptors (Lipinski definition) is 6. The van der Waals surface area contributed by atoms with E-state index in [-0.39, 0.29) is 5.97 Å².